The highest BCUT2D eigenvalue weighted by molar-refractivity contribution is 7.90. The van der Waals surface area contributed by atoms with E-state index in [9.17, 15) is 13.2 Å². The van der Waals surface area contributed by atoms with Crippen LogP contribution in [0.15, 0.2) is 0 Å². The van der Waals surface area contributed by atoms with Gasteiger partial charge in [0.1, 0.15) is 0 Å². The number of fused-ring (bicyclic) bond motifs is 1. The van der Waals surface area contributed by atoms with Gasteiger partial charge in [-0.15, -0.1) is 0 Å². The Morgan fingerprint density at radius 3 is 2.71 bits per heavy atom. The number of piperazine rings is 1. The Kier molecular flexibility index (Phi) is 4.00. The van der Waals surface area contributed by atoms with Crippen LogP contribution in [0.4, 0.5) is 0 Å². The molecule has 0 amide bonds. The van der Waals surface area contributed by atoms with E-state index in [1.54, 1.807) is 11.2 Å². The van der Waals surface area contributed by atoms with E-state index in [-0.39, 0.29) is 6.42 Å². The first kappa shape index (κ1) is 15.2. The van der Waals surface area contributed by atoms with E-state index in [1.165, 1.54) is 0 Å². The van der Waals surface area contributed by atoms with Crippen LogP contribution in [-0.2, 0) is 19.6 Å². The van der Waals surface area contributed by atoms with Crippen molar-refractivity contribution in [3.63, 3.8) is 0 Å². The molecule has 0 aromatic rings. The second kappa shape index (κ2) is 5.52. The van der Waals surface area contributed by atoms with Crippen LogP contribution in [-0.4, -0.2) is 67.2 Å². The Morgan fingerprint density at radius 1 is 1.29 bits per heavy atom. The molecule has 0 aromatic heterocycles. The summed E-state index contributed by atoms with van der Waals surface area (Å²) in [5.41, 5.74) is 0. The maximum atomic E-state index is 12.9. The molecule has 3 rings (SSSR count). The smallest absolute Gasteiger partial charge is 0.307 e. The van der Waals surface area contributed by atoms with Crippen molar-refractivity contribution in [1.29, 1.82) is 0 Å². The molecule has 3 aliphatic rings. The molecule has 0 bridgehead atoms. The largest absolute Gasteiger partial charge is 0.466 e. The molecule has 2 aliphatic heterocycles. The average molecular weight is 316 g/mol. The molecule has 6 nitrogen and oxygen atoms in total. The summed E-state index contributed by atoms with van der Waals surface area (Å²) in [6.07, 6.45) is 3.41. The molecule has 1 saturated carbocycles. The van der Waals surface area contributed by atoms with Crippen molar-refractivity contribution in [2.45, 2.75) is 49.8 Å². The van der Waals surface area contributed by atoms with Crippen LogP contribution in [0.5, 0.6) is 0 Å². The number of rotatable bonds is 5. The highest BCUT2D eigenvalue weighted by Gasteiger charge is 2.58. The molecule has 0 spiro atoms. The fourth-order valence-corrected chi connectivity index (χ4v) is 5.75. The Labute approximate surface area is 126 Å². The number of nitrogens with zero attached hydrogens (tertiary/aromatic N) is 2. The van der Waals surface area contributed by atoms with E-state index in [4.69, 9.17) is 4.74 Å². The fourth-order valence-electron chi connectivity index (χ4n) is 3.60. The number of hydrogen-bond donors (Lipinski definition) is 0. The van der Waals surface area contributed by atoms with Gasteiger partial charge >= 0.3 is 5.97 Å². The molecule has 120 valence electrons. The fraction of sp³-hybridized carbons (Fsp3) is 0.929. The van der Waals surface area contributed by atoms with E-state index in [1.807, 2.05) is 0 Å². The lowest BCUT2D eigenvalue weighted by Gasteiger charge is -2.38. The molecule has 21 heavy (non-hydrogen) atoms. The highest BCUT2D eigenvalue weighted by Crippen LogP contribution is 2.48. The SMILES string of the molecule is CCOC(=O)CC1(S(=O)(=O)N2CCN3CCC[C@@H]3C2)CC1. The maximum Gasteiger partial charge on any atom is 0.307 e. The number of hydrogen-bond acceptors (Lipinski definition) is 5. The number of ether oxygens (including phenoxy) is 1. The summed E-state index contributed by atoms with van der Waals surface area (Å²) in [5.74, 6) is -0.391. The topological polar surface area (TPSA) is 66.9 Å². The minimum absolute atomic E-state index is 0.00799. The third-order valence-electron chi connectivity index (χ3n) is 5.02. The predicted octanol–water partition coefficient (Wildman–Crippen LogP) is 0.582. The Hall–Kier alpha value is -0.660. The van der Waals surface area contributed by atoms with Gasteiger partial charge in [-0.1, -0.05) is 0 Å². The first-order valence-corrected chi connectivity index (χ1v) is 9.32. The zero-order chi connectivity index (χ0) is 15.1. The van der Waals surface area contributed by atoms with Gasteiger partial charge in [0.15, 0.2) is 0 Å². The molecule has 1 atom stereocenters. The van der Waals surface area contributed by atoms with E-state index in [0.29, 0.717) is 38.6 Å². The number of carbonyl (C=O) groups excluding carboxylic acids is 1. The van der Waals surface area contributed by atoms with E-state index in [0.717, 1.165) is 25.9 Å². The van der Waals surface area contributed by atoms with Gasteiger partial charge in [-0.2, -0.15) is 4.31 Å². The zero-order valence-electron chi connectivity index (χ0n) is 12.6. The van der Waals surface area contributed by atoms with E-state index >= 15 is 0 Å². The molecular weight excluding hydrogens is 292 g/mol. The Bertz CT molecular complexity index is 515. The van der Waals surface area contributed by atoms with Crippen molar-refractivity contribution in [3.8, 4) is 0 Å². The quantitative estimate of drug-likeness (QED) is 0.694. The summed E-state index contributed by atoms with van der Waals surface area (Å²) in [5, 5.41) is 0. The van der Waals surface area contributed by atoms with Crippen molar-refractivity contribution in [1.82, 2.24) is 9.21 Å². The summed E-state index contributed by atoms with van der Waals surface area (Å²) < 4.78 is 31.5. The predicted molar refractivity (Wildman–Crippen MR) is 78.3 cm³/mol. The molecule has 1 aliphatic carbocycles. The van der Waals surface area contributed by atoms with Crippen molar-refractivity contribution < 1.29 is 17.9 Å². The van der Waals surface area contributed by atoms with Crippen LogP contribution < -0.4 is 0 Å². The van der Waals surface area contributed by atoms with E-state index < -0.39 is 20.7 Å². The third-order valence-corrected chi connectivity index (χ3v) is 7.68. The van der Waals surface area contributed by atoms with Crippen LogP contribution in [0.25, 0.3) is 0 Å². The van der Waals surface area contributed by atoms with Gasteiger partial charge in [-0.25, -0.2) is 8.42 Å². The number of carbonyl (C=O) groups is 1. The van der Waals surface area contributed by atoms with Crippen molar-refractivity contribution >= 4 is 16.0 Å². The second-order valence-electron chi connectivity index (χ2n) is 6.36. The summed E-state index contributed by atoms with van der Waals surface area (Å²) in [4.78, 5) is 14.1. The molecule has 0 radical (unpaired) electrons. The average Bonchev–Trinajstić information content (AvgIpc) is 3.08. The number of esters is 1. The van der Waals surface area contributed by atoms with Crippen molar-refractivity contribution in [2.75, 3.05) is 32.8 Å². The van der Waals surface area contributed by atoms with Gasteiger partial charge in [0.2, 0.25) is 10.0 Å². The second-order valence-corrected chi connectivity index (χ2v) is 8.69. The van der Waals surface area contributed by atoms with Crippen LogP contribution >= 0.6 is 0 Å². The normalized spacial score (nSPS) is 29.1. The molecule has 7 heteroatoms. The first-order chi connectivity index (χ1) is 9.98. The van der Waals surface area contributed by atoms with Gasteiger partial charge in [0, 0.05) is 25.7 Å². The first-order valence-electron chi connectivity index (χ1n) is 7.88. The summed E-state index contributed by atoms with van der Waals surface area (Å²) in [7, 11) is -3.40. The third kappa shape index (κ3) is 2.71. The minimum atomic E-state index is -3.40. The lowest BCUT2D eigenvalue weighted by atomic mass is 10.2. The number of sulfonamides is 1. The lowest BCUT2D eigenvalue weighted by molar-refractivity contribution is -0.143. The summed E-state index contributed by atoms with van der Waals surface area (Å²) >= 11 is 0. The molecule has 0 aromatic carbocycles. The summed E-state index contributed by atoms with van der Waals surface area (Å²) in [6.45, 7) is 5.10. The molecule has 0 N–H and O–H groups in total. The molecular formula is C14H24N2O4S. The molecule has 0 unspecified atom stereocenters. The van der Waals surface area contributed by atoms with Crippen molar-refractivity contribution in [3.05, 3.63) is 0 Å². The van der Waals surface area contributed by atoms with Gasteiger partial charge < -0.3 is 4.74 Å². The van der Waals surface area contributed by atoms with Gasteiger partial charge in [-0.05, 0) is 39.2 Å². The maximum absolute atomic E-state index is 12.9. The Morgan fingerprint density at radius 2 is 2.05 bits per heavy atom. The zero-order valence-corrected chi connectivity index (χ0v) is 13.4. The van der Waals surface area contributed by atoms with E-state index in [2.05, 4.69) is 4.90 Å². The van der Waals surface area contributed by atoms with Gasteiger partial charge in [-0.3, -0.25) is 9.69 Å². The van der Waals surface area contributed by atoms with Crippen LogP contribution in [0.1, 0.15) is 39.0 Å². The van der Waals surface area contributed by atoms with Crippen LogP contribution in [0, 0.1) is 0 Å². The monoisotopic (exact) mass is 316 g/mol. The molecule has 3 fully saturated rings. The molecule has 2 heterocycles. The minimum Gasteiger partial charge on any atom is -0.466 e. The lowest BCUT2D eigenvalue weighted by Crippen LogP contribution is -2.54. The highest BCUT2D eigenvalue weighted by atomic mass is 32.2. The summed E-state index contributed by atoms with van der Waals surface area (Å²) in [6, 6.07) is 0.368. The van der Waals surface area contributed by atoms with Crippen LogP contribution in [0.2, 0.25) is 0 Å². The molecule has 2 saturated heterocycles. The van der Waals surface area contributed by atoms with Gasteiger partial charge in [0.05, 0.1) is 17.8 Å². The Balaban J connectivity index is 1.70. The standard InChI is InChI=1S/C14H24N2O4S/c1-2-20-13(17)10-14(5-6-14)21(18,19)16-9-8-15-7-3-4-12(15)11-16/h12H,2-11H2,1H3/t12-/m1/s1. The van der Waals surface area contributed by atoms with Gasteiger partial charge in [0.25, 0.3) is 0 Å². The van der Waals surface area contributed by atoms with Crippen LogP contribution in [0.3, 0.4) is 0 Å². The van der Waals surface area contributed by atoms with Crippen molar-refractivity contribution in [2.24, 2.45) is 0 Å².